The van der Waals surface area contributed by atoms with Gasteiger partial charge in [-0.25, -0.2) is 0 Å². The van der Waals surface area contributed by atoms with E-state index in [1.165, 1.54) is 43.9 Å². The van der Waals surface area contributed by atoms with Crippen LogP contribution in [0.2, 0.25) is 0 Å². The Morgan fingerprint density at radius 1 is 1.58 bits per heavy atom. The summed E-state index contributed by atoms with van der Waals surface area (Å²) in [6.45, 7) is 4.54. The lowest BCUT2D eigenvalue weighted by Crippen LogP contribution is -2.15. The number of Topliss-reactive ketones (excluding diaryl/α,β-unsaturated/α-hetero) is 1. The first-order valence-electron chi connectivity index (χ1n) is 6.60. The van der Waals surface area contributed by atoms with E-state index in [1.807, 2.05) is 0 Å². The minimum Gasteiger partial charge on any atom is -0.396 e. The molecule has 0 saturated heterocycles. The zero-order valence-electron chi connectivity index (χ0n) is 11.4. The summed E-state index contributed by atoms with van der Waals surface area (Å²) in [4.78, 5) is 11.9. The van der Waals surface area contributed by atoms with Crippen LogP contribution in [0.4, 0.5) is 10.7 Å². The van der Waals surface area contributed by atoms with Crippen molar-refractivity contribution in [3.05, 3.63) is 10.4 Å². The number of nitrogens with two attached hydrogens (primary N) is 1. The molecule has 0 bridgehead atoms. The Kier molecular flexibility index (Phi) is 3.81. The zero-order chi connectivity index (χ0) is 14.0. The summed E-state index contributed by atoms with van der Waals surface area (Å²) in [6.07, 6.45) is 4.88. The number of ketones is 1. The fourth-order valence-corrected chi connectivity index (χ4v) is 3.39. The Bertz CT molecular complexity index is 538. The highest BCUT2D eigenvalue weighted by atomic mass is 32.1. The van der Waals surface area contributed by atoms with Gasteiger partial charge in [-0.1, -0.05) is 13.3 Å². The molecule has 0 aliphatic heterocycles. The van der Waals surface area contributed by atoms with E-state index in [0.717, 1.165) is 11.5 Å². The van der Waals surface area contributed by atoms with Crippen LogP contribution in [-0.4, -0.2) is 12.3 Å². The van der Waals surface area contributed by atoms with Crippen molar-refractivity contribution in [3.8, 4) is 6.07 Å². The van der Waals surface area contributed by atoms with E-state index < -0.39 is 0 Å². The third-order valence-electron chi connectivity index (χ3n) is 3.74. The average molecular weight is 277 g/mol. The first-order valence-corrected chi connectivity index (χ1v) is 7.42. The highest BCUT2D eigenvalue weighted by molar-refractivity contribution is 7.18. The van der Waals surface area contributed by atoms with Crippen LogP contribution in [0, 0.1) is 16.7 Å². The average Bonchev–Trinajstić information content (AvgIpc) is 3.04. The number of anilines is 2. The van der Waals surface area contributed by atoms with Gasteiger partial charge in [0.2, 0.25) is 0 Å². The molecule has 2 rings (SSSR count). The molecule has 1 aromatic rings. The predicted molar refractivity (Wildman–Crippen MR) is 78.5 cm³/mol. The largest absolute Gasteiger partial charge is 0.396 e. The van der Waals surface area contributed by atoms with Gasteiger partial charge in [-0.05, 0) is 24.7 Å². The molecule has 0 unspecified atom stereocenters. The predicted octanol–water partition coefficient (Wildman–Crippen LogP) is 3.40. The van der Waals surface area contributed by atoms with Gasteiger partial charge in [-0.15, -0.1) is 11.3 Å². The summed E-state index contributed by atoms with van der Waals surface area (Å²) in [6, 6.07) is 2.10. The summed E-state index contributed by atoms with van der Waals surface area (Å²) < 4.78 is 0. The normalized spacial score (nSPS) is 15.8. The Labute approximate surface area is 117 Å². The summed E-state index contributed by atoms with van der Waals surface area (Å²) in [7, 11) is 0. The molecule has 1 saturated carbocycles. The van der Waals surface area contributed by atoms with Gasteiger partial charge >= 0.3 is 0 Å². The maximum Gasteiger partial charge on any atom is 0.171 e. The zero-order valence-corrected chi connectivity index (χ0v) is 12.2. The van der Waals surface area contributed by atoms with Crippen molar-refractivity contribution in [1.29, 1.82) is 5.26 Å². The first kappa shape index (κ1) is 13.9. The molecule has 0 atom stereocenters. The molecule has 1 fully saturated rings. The van der Waals surface area contributed by atoms with E-state index in [4.69, 9.17) is 11.0 Å². The van der Waals surface area contributed by atoms with Crippen LogP contribution in [-0.2, 0) is 0 Å². The van der Waals surface area contributed by atoms with Gasteiger partial charge in [0, 0.05) is 13.5 Å². The number of carbonyl (C=O) groups is 1. The molecule has 0 spiro atoms. The van der Waals surface area contributed by atoms with E-state index in [0.29, 0.717) is 21.5 Å². The SMILES string of the molecule is CCCC1(CNc2sc(C(C)=O)c(N)c2C#N)CC1. The maximum atomic E-state index is 11.5. The highest BCUT2D eigenvalue weighted by Gasteiger charge is 2.41. The molecular weight excluding hydrogens is 258 g/mol. The van der Waals surface area contributed by atoms with E-state index >= 15 is 0 Å². The lowest BCUT2D eigenvalue weighted by Gasteiger charge is -2.14. The Morgan fingerprint density at radius 2 is 2.26 bits per heavy atom. The fraction of sp³-hybridized carbons (Fsp3) is 0.571. The highest BCUT2D eigenvalue weighted by Crippen LogP contribution is 2.50. The minimum absolute atomic E-state index is 0.0817. The first-order chi connectivity index (χ1) is 9.03. The van der Waals surface area contributed by atoms with Crippen molar-refractivity contribution >= 4 is 27.8 Å². The molecule has 102 valence electrons. The summed E-state index contributed by atoms with van der Waals surface area (Å²) in [5, 5.41) is 13.2. The van der Waals surface area contributed by atoms with Crippen LogP contribution in [0.15, 0.2) is 0 Å². The van der Waals surface area contributed by atoms with Crippen molar-refractivity contribution in [2.75, 3.05) is 17.6 Å². The summed E-state index contributed by atoms with van der Waals surface area (Å²) >= 11 is 1.30. The van der Waals surface area contributed by atoms with Gasteiger partial charge < -0.3 is 11.1 Å². The number of hydrogen-bond donors (Lipinski definition) is 2. The molecule has 0 aromatic carbocycles. The fourth-order valence-electron chi connectivity index (χ4n) is 2.43. The van der Waals surface area contributed by atoms with Crippen LogP contribution in [0.25, 0.3) is 0 Å². The second-order valence-electron chi connectivity index (χ2n) is 5.32. The number of carbonyl (C=O) groups excluding carboxylic acids is 1. The maximum absolute atomic E-state index is 11.5. The second-order valence-corrected chi connectivity index (χ2v) is 6.34. The van der Waals surface area contributed by atoms with Gasteiger partial charge in [0.25, 0.3) is 0 Å². The quantitative estimate of drug-likeness (QED) is 0.781. The summed E-state index contributed by atoms with van der Waals surface area (Å²) in [5.74, 6) is -0.0817. The molecule has 1 aromatic heterocycles. The number of nitrogens with zero attached hydrogens (tertiary/aromatic N) is 1. The van der Waals surface area contributed by atoms with Crippen LogP contribution in [0.1, 0.15) is 54.8 Å². The molecule has 0 amide bonds. The van der Waals surface area contributed by atoms with E-state index in [2.05, 4.69) is 18.3 Å². The van der Waals surface area contributed by atoms with Gasteiger partial charge in [0.1, 0.15) is 16.6 Å². The van der Waals surface area contributed by atoms with Gasteiger partial charge in [0.05, 0.1) is 10.6 Å². The number of rotatable bonds is 6. The third-order valence-corrected chi connectivity index (χ3v) is 5.00. The molecule has 1 heterocycles. The summed E-state index contributed by atoms with van der Waals surface area (Å²) in [5.41, 5.74) is 7.00. The smallest absolute Gasteiger partial charge is 0.171 e. The van der Waals surface area contributed by atoms with Gasteiger partial charge in [-0.3, -0.25) is 4.79 Å². The molecule has 1 aliphatic rings. The number of thiophene rings is 1. The molecule has 5 heteroatoms. The molecule has 19 heavy (non-hydrogen) atoms. The lowest BCUT2D eigenvalue weighted by atomic mass is 10.0. The van der Waals surface area contributed by atoms with Gasteiger partial charge in [-0.2, -0.15) is 5.26 Å². The van der Waals surface area contributed by atoms with Crippen molar-refractivity contribution in [2.24, 2.45) is 5.41 Å². The Balaban J connectivity index is 2.15. The van der Waals surface area contributed by atoms with Gasteiger partial charge in [0.15, 0.2) is 5.78 Å². The van der Waals surface area contributed by atoms with Crippen LogP contribution in [0.3, 0.4) is 0 Å². The number of hydrogen-bond acceptors (Lipinski definition) is 5. The van der Waals surface area contributed by atoms with Crippen molar-refractivity contribution in [3.63, 3.8) is 0 Å². The third kappa shape index (κ3) is 2.74. The van der Waals surface area contributed by atoms with Crippen LogP contribution < -0.4 is 11.1 Å². The number of nitrogen functional groups attached to an aromatic ring is 1. The van der Waals surface area contributed by atoms with Crippen molar-refractivity contribution < 1.29 is 4.79 Å². The molecular formula is C14H19N3OS. The van der Waals surface area contributed by atoms with Crippen molar-refractivity contribution in [1.82, 2.24) is 0 Å². The topological polar surface area (TPSA) is 78.9 Å². The van der Waals surface area contributed by atoms with Crippen LogP contribution in [0.5, 0.6) is 0 Å². The van der Waals surface area contributed by atoms with Crippen LogP contribution >= 0.6 is 11.3 Å². The molecule has 1 aliphatic carbocycles. The van der Waals surface area contributed by atoms with E-state index in [1.54, 1.807) is 0 Å². The Hall–Kier alpha value is -1.54. The van der Waals surface area contributed by atoms with Crippen molar-refractivity contribution in [2.45, 2.75) is 39.5 Å². The number of nitrogens with one attached hydrogen (secondary N) is 1. The monoisotopic (exact) mass is 277 g/mol. The number of nitriles is 1. The van der Waals surface area contributed by atoms with E-state index in [9.17, 15) is 4.79 Å². The lowest BCUT2D eigenvalue weighted by molar-refractivity contribution is 0.102. The van der Waals surface area contributed by atoms with E-state index in [-0.39, 0.29) is 5.78 Å². The molecule has 4 nitrogen and oxygen atoms in total. The molecule has 3 N–H and O–H groups in total. The Morgan fingerprint density at radius 3 is 2.74 bits per heavy atom. The second kappa shape index (κ2) is 5.22. The molecule has 0 radical (unpaired) electrons. The standard InChI is InChI=1S/C14H19N3OS/c1-3-4-14(5-6-14)8-17-13-10(7-15)11(16)12(19-13)9(2)18/h17H,3-6,8,16H2,1-2H3. The minimum atomic E-state index is -0.0817.